The van der Waals surface area contributed by atoms with E-state index < -0.39 is 7.75 Å². The summed E-state index contributed by atoms with van der Waals surface area (Å²) in [4.78, 5) is 10.3. The Morgan fingerprint density at radius 3 is 2.62 bits per heavy atom. The molecule has 4 nitrogen and oxygen atoms in total. The number of hydrogen-bond acceptors (Lipinski definition) is 3. The maximum atomic E-state index is 10.3. The Morgan fingerprint density at radius 2 is 2.50 bits per heavy atom. The molecule has 0 saturated carbocycles. The molecule has 0 heterocycles. The highest BCUT2D eigenvalue weighted by molar-refractivity contribution is 7.49. The van der Waals surface area contributed by atoms with Crippen LogP contribution < -0.4 is 9.98 Å². The predicted molar refractivity (Wildman–Crippen MR) is 28.0 cm³/mol. The van der Waals surface area contributed by atoms with E-state index in [1.54, 1.807) is 0 Å². The summed E-state index contributed by atoms with van der Waals surface area (Å²) in [5.74, 6) is 0. The summed E-state index contributed by atoms with van der Waals surface area (Å²) in [7, 11) is -2.45. The molecule has 0 aromatic heterocycles. The van der Waals surface area contributed by atoms with E-state index >= 15 is 0 Å². The Labute approximate surface area is 48.4 Å². The lowest BCUT2D eigenvalue weighted by Gasteiger charge is -2.18. The first-order valence-corrected chi connectivity index (χ1v) is 3.60. The molecule has 1 unspecified atom stereocenters. The van der Waals surface area contributed by atoms with Crippen molar-refractivity contribution in [3.63, 3.8) is 0 Å². The van der Waals surface area contributed by atoms with Crippen LogP contribution in [0.2, 0.25) is 0 Å². The Hall–Kier alpha value is -0.0200. The van der Waals surface area contributed by atoms with Gasteiger partial charge in [-0.2, -0.15) is 0 Å². The lowest BCUT2D eigenvalue weighted by molar-refractivity contribution is -0.200. The van der Waals surface area contributed by atoms with Crippen molar-refractivity contribution in [2.75, 3.05) is 13.7 Å². The van der Waals surface area contributed by atoms with Gasteiger partial charge in [0, 0.05) is 0 Å². The molecule has 0 aliphatic rings. The van der Waals surface area contributed by atoms with Gasteiger partial charge in [0.25, 0.3) is 0 Å². The first-order valence-electron chi connectivity index (χ1n) is 2.06. The standard InChI is InChI=1S/C3H8NO3P/c1-3-7-8(5,6)4-2/h1,3H2,2H3,(H-,4,5,6). The molecule has 48 valence electrons. The molecule has 0 spiro atoms. The van der Waals surface area contributed by atoms with E-state index in [0.717, 1.165) is 0 Å². The molecule has 5 heteroatoms. The maximum absolute atomic E-state index is 10.3. The predicted octanol–water partition coefficient (Wildman–Crippen LogP) is -0.475. The van der Waals surface area contributed by atoms with Gasteiger partial charge in [0.2, 0.25) is 7.75 Å². The highest BCUT2D eigenvalue weighted by Crippen LogP contribution is 2.28. The molecule has 0 aromatic rings. The Kier molecular flexibility index (Phi) is 3.09. The van der Waals surface area contributed by atoms with E-state index in [9.17, 15) is 9.46 Å². The molecule has 0 bridgehead atoms. The quantitative estimate of drug-likeness (QED) is 0.421. The Morgan fingerprint density at radius 1 is 2.00 bits per heavy atom. The number of rotatable bonds is 3. The zero-order valence-electron chi connectivity index (χ0n) is 4.59. The van der Waals surface area contributed by atoms with Crippen LogP contribution in [0.5, 0.6) is 0 Å². The lowest BCUT2D eigenvalue weighted by atomic mass is 10.9. The average molecular weight is 137 g/mol. The largest absolute Gasteiger partial charge is 0.766 e. The van der Waals surface area contributed by atoms with Crippen LogP contribution in [0.3, 0.4) is 0 Å². The van der Waals surface area contributed by atoms with Crippen molar-refractivity contribution in [1.29, 1.82) is 0 Å². The molecule has 0 fully saturated rings. The molecule has 0 aliphatic carbocycles. The van der Waals surface area contributed by atoms with Crippen molar-refractivity contribution in [2.24, 2.45) is 0 Å². The van der Waals surface area contributed by atoms with E-state index in [2.05, 4.69) is 11.4 Å². The van der Waals surface area contributed by atoms with Crippen molar-refractivity contribution in [3.05, 3.63) is 6.92 Å². The van der Waals surface area contributed by atoms with Crippen LogP contribution in [0.1, 0.15) is 0 Å². The maximum Gasteiger partial charge on any atom is 0.207 e. The normalized spacial score (nSPS) is 17.8. The minimum Gasteiger partial charge on any atom is -0.766 e. The van der Waals surface area contributed by atoms with E-state index in [-0.39, 0.29) is 6.61 Å². The molecule has 8 heavy (non-hydrogen) atoms. The van der Waals surface area contributed by atoms with Gasteiger partial charge in [0.05, 0.1) is 6.92 Å². The highest BCUT2D eigenvalue weighted by Gasteiger charge is 2.01. The van der Waals surface area contributed by atoms with Crippen LogP contribution >= 0.6 is 7.75 Å². The second-order valence-electron chi connectivity index (χ2n) is 1.05. The van der Waals surface area contributed by atoms with E-state index in [1.165, 1.54) is 7.05 Å². The van der Waals surface area contributed by atoms with Gasteiger partial charge in [-0.25, -0.2) is 0 Å². The van der Waals surface area contributed by atoms with Crippen molar-refractivity contribution < 1.29 is 14.0 Å². The first kappa shape index (κ1) is 7.98. The SMILES string of the molecule is [CH2+]COP(=O)([O-])NC. The van der Waals surface area contributed by atoms with Crippen LogP contribution in [0.4, 0.5) is 0 Å². The van der Waals surface area contributed by atoms with E-state index in [4.69, 9.17) is 0 Å². The van der Waals surface area contributed by atoms with Gasteiger partial charge in [-0.15, -0.1) is 0 Å². The monoisotopic (exact) mass is 137 g/mol. The summed E-state index contributed by atoms with van der Waals surface area (Å²) < 4.78 is 14.4. The van der Waals surface area contributed by atoms with Crippen LogP contribution in [0, 0.1) is 6.92 Å². The van der Waals surface area contributed by atoms with Gasteiger partial charge in [-0.3, -0.25) is 14.2 Å². The molecular weight excluding hydrogens is 129 g/mol. The minimum absolute atomic E-state index is 0.0678. The minimum atomic E-state index is -3.74. The summed E-state index contributed by atoms with van der Waals surface area (Å²) in [6.45, 7) is 3.12. The van der Waals surface area contributed by atoms with Crippen LogP contribution in [-0.2, 0) is 9.09 Å². The third-order valence-corrected chi connectivity index (χ3v) is 1.61. The molecule has 0 aromatic carbocycles. The fraction of sp³-hybridized carbons (Fsp3) is 0.667. The van der Waals surface area contributed by atoms with E-state index in [1.807, 2.05) is 5.09 Å². The fourth-order valence-electron chi connectivity index (χ4n) is 0.185. The zero-order valence-corrected chi connectivity index (χ0v) is 5.48. The lowest BCUT2D eigenvalue weighted by Crippen LogP contribution is -2.16. The molecule has 0 radical (unpaired) electrons. The first-order chi connectivity index (χ1) is 3.62. The van der Waals surface area contributed by atoms with Crippen molar-refractivity contribution in [3.8, 4) is 0 Å². The fourth-order valence-corrected chi connectivity index (χ4v) is 0.554. The second-order valence-corrected chi connectivity index (χ2v) is 2.75. The molecule has 1 N–H and O–H groups in total. The molecule has 1 atom stereocenters. The summed E-state index contributed by atoms with van der Waals surface area (Å²) in [6, 6.07) is 0. The molecule has 0 saturated heterocycles. The topological polar surface area (TPSA) is 61.4 Å². The Bertz CT molecular complexity index is 105. The summed E-state index contributed by atoms with van der Waals surface area (Å²) in [5.41, 5.74) is 0. The van der Waals surface area contributed by atoms with Gasteiger partial charge in [0.1, 0.15) is 0 Å². The van der Waals surface area contributed by atoms with Crippen molar-refractivity contribution >= 4 is 7.75 Å². The van der Waals surface area contributed by atoms with E-state index in [0.29, 0.717) is 0 Å². The van der Waals surface area contributed by atoms with Gasteiger partial charge in [-0.05, 0) is 7.05 Å². The van der Waals surface area contributed by atoms with Crippen LogP contribution in [-0.4, -0.2) is 13.7 Å². The van der Waals surface area contributed by atoms with Crippen molar-refractivity contribution in [1.82, 2.24) is 5.09 Å². The number of hydrogen-bond donors (Lipinski definition) is 1. The molecule has 0 aliphatic heterocycles. The van der Waals surface area contributed by atoms with Gasteiger partial charge in [0.15, 0.2) is 6.61 Å². The number of nitrogens with one attached hydrogen (secondary N) is 1. The summed E-state index contributed by atoms with van der Waals surface area (Å²) >= 11 is 0. The zero-order chi connectivity index (χ0) is 6.62. The molecule has 0 rings (SSSR count). The highest BCUT2D eigenvalue weighted by atomic mass is 31.2. The summed E-state index contributed by atoms with van der Waals surface area (Å²) in [5, 5.41) is 1.98. The van der Waals surface area contributed by atoms with Crippen LogP contribution in [0.15, 0.2) is 0 Å². The third kappa shape index (κ3) is 3.04. The molecular formula is C3H8NO3P. The van der Waals surface area contributed by atoms with Gasteiger partial charge < -0.3 is 4.89 Å². The van der Waals surface area contributed by atoms with Gasteiger partial charge in [-0.1, -0.05) is 0 Å². The third-order valence-electron chi connectivity index (χ3n) is 0.535. The molecule has 0 amide bonds. The summed E-state index contributed by atoms with van der Waals surface area (Å²) in [6.07, 6.45) is 0. The van der Waals surface area contributed by atoms with Crippen LogP contribution in [0.25, 0.3) is 0 Å². The van der Waals surface area contributed by atoms with Gasteiger partial charge >= 0.3 is 0 Å². The average Bonchev–Trinajstić information content (AvgIpc) is 1.67. The van der Waals surface area contributed by atoms with Crippen molar-refractivity contribution in [2.45, 2.75) is 0 Å². The smallest absolute Gasteiger partial charge is 0.207 e. The second kappa shape index (κ2) is 3.10. The Balaban J connectivity index is 3.55.